The minimum absolute atomic E-state index is 0.205. The average Bonchev–Trinajstić information content (AvgIpc) is 2.51. The maximum absolute atomic E-state index is 12.2. The van der Waals surface area contributed by atoms with Gasteiger partial charge in [0.15, 0.2) is 0 Å². The zero-order valence-electron chi connectivity index (χ0n) is 13.7. The smallest absolute Gasteiger partial charge is 0.329 e. The Morgan fingerprint density at radius 1 is 1.50 bits per heavy atom. The van der Waals surface area contributed by atoms with Gasteiger partial charge in [-0.05, 0) is 25.8 Å². The van der Waals surface area contributed by atoms with Crippen LogP contribution in [0.25, 0.3) is 0 Å². The zero-order valence-corrected chi connectivity index (χ0v) is 13.7. The second-order valence-electron chi connectivity index (χ2n) is 5.69. The van der Waals surface area contributed by atoms with E-state index in [-0.39, 0.29) is 30.7 Å². The Bertz CT molecular complexity index is 672. The molecule has 0 aliphatic carbocycles. The number of carboxylic acids is 1. The van der Waals surface area contributed by atoms with E-state index in [1.807, 2.05) is 0 Å². The number of hydrogen-bond donors (Lipinski definition) is 2. The van der Waals surface area contributed by atoms with Gasteiger partial charge in [-0.3, -0.25) is 9.59 Å². The monoisotopic (exact) mass is 339 g/mol. The van der Waals surface area contributed by atoms with Crippen molar-refractivity contribution < 1.29 is 24.2 Å². The molecule has 1 aromatic heterocycles. The third kappa shape index (κ3) is 4.87. The van der Waals surface area contributed by atoms with Crippen LogP contribution in [0.15, 0.2) is 10.9 Å². The number of ether oxygens (including phenoxy) is 2. The fourth-order valence-electron chi connectivity index (χ4n) is 2.39. The molecule has 132 valence electrons. The number of nitrogens with one attached hydrogen (secondary N) is 1. The second-order valence-corrected chi connectivity index (χ2v) is 5.69. The van der Waals surface area contributed by atoms with Crippen LogP contribution in [0, 0.1) is 13.8 Å². The standard InChI is InChI=1S/C15H21N3O6/c1-9-5-14(20)18(17-10(9)2)6-13(19)16-11-3-4-23-7-12(11)24-8-15(21)22/h5,11-12H,3-4,6-8H2,1-2H3,(H,16,19)(H,21,22)/t11-,12-/m1/s1. The first-order valence-electron chi connectivity index (χ1n) is 7.62. The summed E-state index contributed by atoms with van der Waals surface area (Å²) < 4.78 is 11.6. The van der Waals surface area contributed by atoms with E-state index in [1.165, 1.54) is 6.07 Å². The van der Waals surface area contributed by atoms with Crippen molar-refractivity contribution in [3.63, 3.8) is 0 Å². The van der Waals surface area contributed by atoms with Crippen molar-refractivity contribution in [2.24, 2.45) is 0 Å². The van der Waals surface area contributed by atoms with Crippen molar-refractivity contribution in [1.29, 1.82) is 0 Å². The first-order chi connectivity index (χ1) is 11.4. The van der Waals surface area contributed by atoms with Crippen molar-refractivity contribution >= 4 is 11.9 Å². The Balaban J connectivity index is 1.98. The summed E-state index contributed by atoms with van der Waals surface area (Å²) in [4.78, 5) is 34.7. The highest BCUT2D eigenvalue weighted by Gasteiger charge is 2.28. The van der Waals surface area contributed by atoms with Crippen LogP contribution in [-0.4, -0.2) is 58.7 Å². The lowest BCUT2D eigenvalue weighted by atomic mass is 10.1. The lowest BCUT2D eigenvalue weighted by Crippen LogP contribution is -2.51. The van der Waals surface area contributed by atoms with Gasteiger partial charge in [-0.1, -0.05) is 0 Å². The summed E-state index contributed by atoms with van der Waals surface area (Å²) in [5.74, 6) is -1.47. The van der Waals surface area contributed by atoms with Crippen LogP contribution >= 0.6 is 0 Å². The average molecular weight is 339 g/mol. The van der Waals surface area contributed by atoms with Gasteiger partial charge in [0.25, 0.3) is 5.56 Å². The first-order valence-corrected chi connectivity index (χ1v) is 7.62. The van der Waals surface area contributed by atoms with E-state index in [1.54, 1.807) is 13.8 Å². The molecule has 0 radical (unpaired) electrons. The molecule has 0 aromatic carbocycles. The normalized spacial score (nSPS) is 20.6. The molecular weight excluding hydrogens is 318 g/mol. The van der Waals surface area contributed by atoms with E-state index in [0.29, 0.717) is 18.7 Å². The lowest BCUT2D eigenvalue weighted by Gasteiger charge is -2.31. The van der Waals surface area contributed by atoms with E-state index < -0.39 is 18.7 Å². The van der Waals surface area contributed by atoms with Gasteiger partial charge in [0.1, 0.15) is 19.3 Å². The molecule has 2 atom stereocenters. The van der Waals surface area contributed by atoms with Crippen LogP contribution in [-0.2, 0) is 25.6 Å². The van der Waals surface area contributed by atoms with Crippen LogP contribution < -0.4 is 10.9 Å². The molecule has 2 rings (SSSR count). The molecule has 1 aromatic rings. The highest BCUT2D eigenvalue weighted by Crippen LogP contribution is 2.11. The van der Waals surface area contributed by atoms with Gasteiger partial charge in [-0.15, -0.1) is 0 Å². The van der Waals surface area contributed by atoms with Crippen LogP contribution in [0.4, 0.5) is 0 Å². The van der Waals surface area contributed by atoms with E-state index in [2.05, 4.69) is 10.4 Å². The quantitative estimate of drug-likeness (QED) is 0.698. The highest BCUT2D eigenvalue weighted by atomic mass is 16.5. The minimum Gasteiger partial charge on any atom is -0.480 e. The minimum atomic E-state index is -1.09. The van der Waals surface area contributed by atoms with Crippen LogP contribution in [0.2, 0.25) is 0 Å². The van der Waals surface area contributed by atoms with Gasteiger partial charge < -0.3 is 19.9 Å². The number of aryl methyl sites for hydroxylation is 2. The zero-order chi connectivity index (χ0) is 17.7. The van der Waals surface area contributed by atoms with Crippen molar-refractivity contribution in [1.82, 2.24) is 15.1 Å². The maximum atomic E-state index is 12.2. The van der Waals surface area contributed by atoms with Crippen molar-refractivity contribution in [2.75, 3.05) is 19.8 Å². The van der Waals surface area contributed by atoms with E-state index in [0.717, 1.165) is 10.2 Å². The number of carbonyl (C=O) groups is 2. The summed E-state index contributed by atoms with van der Waals surface area (Å²) in [6, 6.07) is 1.07. The summed E-state index contributed by atoms with van der Waals surface area (Å²) in [6.45, 7) is 3.53. The second kappa shape index (κ2) is 8.02. The molecule has 2 heterocycles. The van der Waals surface area contributed by atoms with Gasteiger partial charge in [0.2, 0.25) is 5.91 Å². The summed E-state index contributed by atoms with van der Waals surface area (Å²) in [6.07, 6.45) is -0.0334. The number of aromatic nitrogens is 2. The molecule has 24 heavy (non-hydrogen) atoms. The Hall–Kier alpha value is -2.26. The third-order valence-electron chi connectivity index (χ3n) is 3.80. The van der Waals surface area contributed by atoms with Gasteiger partial charge in [0, 0.05) is 12.7 Å². The number of amides is 1. The Labute approximate surface area is 138 Å². The fourth-order valence-corrected chi connectivity index (χ4v) is 2.39. The maximum Gasteiger partial charge on any atom is 0.329 e. The number of carbonyl (C=O) groups excluding carboxylic acids is 1. The summed E-state index contributed by atoms with van der Waals surface area (Å²) in [7, 11) is 0. The molecule has 1 fully saturated rings. The molecule has 1 aliphatic heterocycles. The summed E-state index contributed by atoms with van der Waals surface area (Å²) >= 11 is 0. The topological polar surface area (TPSA) is 120 Å². The molecule has 2 N–H and O–H groups in total. The van der Waals surface area contributed by atoms with E-state index >= 15 is 0 Å². The molecular formula is C15H21N3O6. The van der Waals surface area contributed by atoms with Gasteiger partial charge in [-0.2, -0.15) is 5.10 Å². The predicted octanol–water partition coefficient (Wildman–Crippen LogP) is -0.765. The molecule has 0 saturated carbocycles. The lowest BCUT2D eigenvalue weighted by molar-refractivity contribution is -0.149. The Morgan fingerprint density at radius 3 is 2.96 bits per heavy atom. The van der Waals surface area contributed by atoms with Crippen molar-refractivity contribution in [3.05, 3.63) is 27.7 Å². The predicted molar refractivity (Wildman–Crippen MR) is 82.7 cm³/mol. The molecule has 0 unspecified atom stereocenters. The van der Waals surface area contributed by atoms with Gasteiger partial charge in [-0.25, -0.2) is 9.48 Å². The molecule has 9 heteroatoms. The highest BCUT2D eigenvalue weighted by molar-refractivity contribution is 5.76. The van der Waals surface area contributed by atoms with Crippen molar-refractivity contribution in [3.8, 4) is 0 Å². The first kappa shape index (κ1) is 18.1. The van der Waals surface area contributed by atoms with Crippen molar-refractivity contribution in [2.45, 2.75) is 39.0 Å². The molecule has 9 nitrogen and oxygen atoms in total. The fraction of sp³-hybridized carbons (Fsp3) is 0.600. The largest absolute Gasteiger partial charge is 0.480 e. The van der Waals surface area contributed by atoms with Crippen LogP contribution in [0.1, 0.15) is 17.7 Å². The number of nitrogens with zero attached hydrogens (tertiary/aromatic N) is 2. The SMILES string of the molecule is Cc1cc(=O)n(CC(=O)N[C@@H]2CCOC[C@H]2OCC(=O)O)nc1C. The molecule has 0 bridgehead atoms. The number of carboxylic acid groups (broad SMARTS) is 1. The van der Waals surface area contributed by atoms with E-state index in [4.69, 9.17) is 14.6 Å². The third-order valence-corrected chi connectivity index (χ3v) is 3.80. The number of aliphatic carboxylic acids is 1. The molecule has 1 amide bonds. The van der Waals surface area contributed by atoms with Gasteiger partial charge >= 0.3 is 5.97 Å². The number of hydrogen-bond acceptors (Lipinski definition) is 6. The van der Waals surface area contributed by atoms with Crippen LogP contribution in [0.5, 0.6) is 0 Å². The Kier molecular flexibility index (Phi) is 6.04. The molecule has 1 aliphatic rings. The molecule has 1 saturated heterocycles. The van der Waals surface area contributed by atoms with Gasteiger partial charge in [0.05, 0.1) is 18.3 Å². The van der Waals surface area contributed by atoms with E-state index in [9.17, 15) is 14.4 Å². The van der Waals surface area contributed by atoms with Crippen LogP contribution in [0.3, 0.4) is 0 Å². The summed E-state index contributed by atoms with van der Waals surface area (Å²) in [5, 5.41) is 15.5. The number of rotatable bonds is 6. The Morgan fingerprint density at radius 2 is 2.25 bits per heavy atom. The molecule has 0 spiro atoms. The summed E-state index contributed by atoms with van der Waals surface area (Å²) in [5.41, 5.74) is 1.10.